The first-order valence-corrected chi connectivity index (χ1v) is 14.9. The molecule has 0 N–H and O–H groups in total. The smallest absolute Gasteiger partial charge is 0.0626 e. The first-order valence-electron chi connectivity index (χ1n) is 14.9. The number of rotatable bonds is 3. The predicted molar refractivity (Wildman–Crippen MR) is 157 cm³/mol. The monoisotopic (exact) mass is 498 g/mol. The van der Waals surface area contributed by atoms with Crippen LogP contribution in [0.4, 0.5) is 5.69 Å². The highest BCUT2D eigenvalue weighted by Crippen LogP contribution is 2.51. The second-order valence-electron chi connectivity index (χ2n) is 12.3. The summed E-state index contributed by atoms with van der Waals surface area (Å²) in [7, 11) is 0. The molecule has 38 heavy (non-hydrogen) atoms. The second kappa shape index (κ2) is 9.27. The van der Waals surface area contributed by atoms with Gasteiger partial charge >= 0.3 is 0 Å². The molecule has 7 aliphatic rings. The van der Waals surface area contributed by atoms with Gasteiger partial charge in [-0.1, -0.05) is 103 Å². The van der Waals surface area contributed by atoms with Gasteiger partial charge in [0.1, 0.15) is 0 Å². The molecule has 0 amide bonds. The van der Waals surface area contributed by atoms with Crippen molar-refractivity contribution in [3.8, 4) is 0 Å². The van der Waals surface area contributed by atoms with E-state index in [1.54, 1.807) is 5.70 Å². The number of anilines is 1. The molecule has 0 saturated carbocycles. The van der Waals surface area contributed by atoms with E-state index in [-0.39, 0.29) is 0 Å². The minimum absolute atomic E-state index is 0.397. The Morgan fingerprint density at radius 3 is 2.47 bits per heavy atom. The van der Waals surface area contributed by atoms with Crippen LogP contribution < -0.4 is 4.90 Å². The second-order valence-corrected chi connectivity index (χ2v) is 12.3. The molecule has 1 aromatic carbocycles. The summed E-state index contributed by atoms with van der Waals surface area (Å²) in [5.74, 6) is 2.98. The largest absolute Gasteiger partial charge is 0.337 e. The van der Waals surface area contributed by atoms with Crippen LogP contribution in [0, 0.1) is 29.6 Å². The number of benzene rings is 1. The summed E-state index contributed by atoms with van der Waals surface area (Å²) in [6.07, 6.45) is 40.1. The molecule has 2 heterocycles. The lowest BCUT2D eigenvalue weighted by Gasteiger charge is -2.41. The molecule has 5 aliphatic carbocycles. The number of likely N-dealkylation sites (tertiary alicyclic amines) is 1. The van der Waals surface area contributed by atoms with Crippen molar-refractivity contribution in [2.45, 2.75) is 56.3 Å². The van der Waals surface area contributed by atoms with Gasteiger partial charge in [-0.15, -0.1) is 0 Å². The van der Waals surface area contributed by atoms with Crippen LogP contribution in [-0.2, 0) is 0 Å². The highest BCUT2D eigenvalue weighted by molar-refractivity contribution is 5.63. The van der Waals surface area contributed by atoms with Gasteiger partial charge in [0.2, 0.25) is 0 Å². The van der Waals surface area contributed by atoms with Crippen LogP contribution in [0.25, 0.3) is 0 Å². The highest BCUT2D eigenvalue weighted by Gasteiger charge is 2.51. The van der Waals surface area contributed by atoms with E-state index in [1.165, 1.54) is 30.5 Å². The van der Waals surface area contributed by atoms with Gasteiger partial charge in [-0.25, -0.2) is 0 Å². The van der Waals surface area contributed by atoms with E-state index < -0.39 is 0 Å². The van der Waals surface area contributed by atoms with Gasteiger partial charge in [-0.2, -0.15) is 0 Å². The van der Waals surface area contributed by atoms with Gasteiger partial charge in [-0.3, -0.25) is 4.90 Å². The fourth-order valence-corrected chi connectivity index (χ4v) is 8.83. The number of allylic oxidation sites excluding steroid dienone is 9. The molecule has 192 valence electrons. The fraction of sp³-hybridized carbons (Fsp3) is 0.389. The average molecular weight is 499 g/mol. The summed E-state index contributed by atoms with van der Waals surface area (Å²) in [4.78, 5) is 5.61. The van der Waals surface area contributed by atoms with Crippen LogP contribution in [-0.4, -0.2) is 29.1 Å². The molecule has 9 atom stereocenters. The molecule has 2 aliphatic heterocycles. The summed E-state index contributed by atoms with van der Waals surface area (Å²) in [5, 5.41) is 0. The highest BCUT2D eigenvalue weighted by atomic mass is 15.3. The van der Waals surface area contributed by atoms with Crippen molar-refractivity contribution in [1.82, 2.24) is 4.90 Å². The first kappa shape index (κ1) is 22.8. The van der Waals surface area contributed by atoms with Crippen LogP contribution in [0.5, 0.6) is 0 Å². The summed E-state index contributed by atoms with van der Waals surface area (Å²) in [5.41, 5.74) is 4.41. The van der Waals surface area contributed by atoms with Gasteiger partial charge in [0.25, 0.3) is 0 Å². The van der Waals surface area contributed by atoms with E-state index in [4.69, 9.17) is 0 Å². The third kappa shape index (κ3) is 3.57. The molecule has 0 spiro atoms. The standard InChI is InChI=1S/C36H38N2/c1-3-11-27(12-4-1)37-33-17-9-7-15-29(33)31-21-19-25(23-35(31)37)26-20-22-32-30-16-8-10-18-34(30)38(36(32)24-26)28-13-5-2-6-14-28/h1-9,11-13,15-17,19-22,25-26,28-30,32-34,36H,10,14,18,23-24H2. The molecule has 1 saturated heterocycles. The normalized spacial score (nSPS) is 40.4. The average Bonchev–Trinajstić information content (AvgIpc) is 3.50. The molecular formula is C36H38N2. The lowest BCUT2D eigenvalue weighted by Crippen LogP contribution is -2.46. The molecular weight excluding hydrogens is 460 g/mol. The van der Waals surface area contributed by atoms with Crippen LogP contribution in [0.15, 0.2) is 127 Å². The van der Waals surface area contributed by atoms with Crippen LogP contribution in [0.1, 0.15) is 32.1 Å². The van der Waals surface area contributed by atoms with Gasteiger partial charge < -0.3 is 4.90 Å². The number of para-hydroxylation sites is 1. The Balaban J connectivity index is 1.09. The summed E-state index contributed by atoms with van der Waals surface area (Å²) in [6.45, 7) is 0. The maximum atomic E-state index is 2.96. The van der Waals surface area contributed by atoms with Gasteiger partial charge in [0.05, 0.1) is 6.04 Å². The summed E-state index contributed by atoms with van der Waals surface area (Å²) >= 11 is 0. The zero-order valence-electron chi connectivity index (χ0n) is 22.1. The Morgan fingerprint density at radius 2 is 1.58 bits per heavy atom. The van der Waals surface area contributed by atoms with E-state index in [0.717, 1.165) is 12.8 Å². The quantitative estimate of drug-likeness (QED) is 0.397. The molecule has 2 nitrogen and oxygen atoms in total. The van der Waals surface area contributed by atoms with Crippen molar-refractivity contribution in [1.29, 1.82) is 0 Å². The van der Waals surface area contributed by atoms with Crippen LogP contribution >= 0.6 is 0 Å². The zero-order valence-corrected chi connectivity index (χ0v) is 22.1. The molecule has 0 aromatic heterocycles. The third-order valence-corrected chi connectivity index (χ3v) is 10.4. The van der Waals surface area contributed by atoms with Gasteiger partial charge in [0.15, 0.2) is 0 Å². The van der Waals surface area contributed by atoms with Crippen molar-refractivity contribution < 1.29 is 0 Å². The molecule has 9 unspecified atom stereocenters. The topological polar surface area (TPSA) is 6.48 Å². The molecule has 0 bridgehead atoms. The van der Waals surface area contributed by atoms with Gasteiger partial charge in [0, 0.05) is 47.3 Å². The SMILES string of the molecule is C1=CCC(N2C3CCC=CC3C3C=CC(C4C=CC5=C(C4)N(c4ccccc4)C4C=CC=CC54)CC32)C=C1. The minimum Gasteiger partial charge on any atom is -0.337 e. The minimum atomic E-state index is 0.397. The number of hydrogen-bond acceptors (Lipinski definition) is 2. The Morgan fingerprint density at radius 1 is 0.711 bits per heavy atom. The van der Waals surface area contributed by atoms with E-state index in [9.17, 15) is 0 Å². The number of nitrogens with zero attached hydrogens (tertiary/aromatic N) is 2. The Hall–Kier alpha value is -3.10. The summed E-state index contributed by atoms with van der Waals surface area (Å²) < 4.78 is 0. The lowest BCUT2D eigenvalue weighted by atomic mass is 9.72. The Kier molecular flexibility index (Phi) is 5.58. The van der Waals surface area contributed by atoms with Crippen LogP contribution in [0.3, 0.4) is 0 Å². The van der Waals surface area contributed by atoms with Crippen molar-refractivity contribution in [3.05, 3.63) is 127 Å². The summed E-state index contributed by atoms with van der Waals surface area (Å²) in [6, 6.07) is 13.4. The zero-order chi connectivity index (χ0) is 25.1. The van der Waals surface area contributed by atoms with Gasteiger partial charge in [-0.05, 0) is 61.6 Å². The van der Waals surface area contributed by atoms with E-state index in [1.807, 2.05) is 0 Å². The maximum Gasteiger partial charge on any atom is 0.0626 e. The third-order valence-electron chi connectivity index (χ3n) is 10.4. The Bertz CT molecular complexity index is 1320. The van der Waals surface area contributed by atoms with E-state index in [0.29, 0.717) is 53.8 Å². The molecule has 2 heteroatoms. The predicted octanol–water partition coefficient (Wildman–Crippen LogP) is 7.54. The van der Waals surface area contributed by atoms with Crippen molar-refractivity contribution in [2.75, 3.05) is 4.90 Å². The van der Waals surface area contributed by atoms with Crippen molar-refractivity contribution in [2.24, 2.45) is 29.6 Å². The Labute approximate surface area is 227 Å². The maximum absolute atomic E-state index is 2.96. The molecule has 1 fully saturated rings. The van der Waals surface area contributed by atoms with Crippen molar-refractivity contribution >= 4 is 5.69 Å². The molecule has 1 aromatic rings. The molecule has 0 radical (unpaired) electrons. The number of fused-ring (bicyclic) bond motifs is 5. The lowest BCUT2D eigenvalue weighted by molar-refractivity contribution is 0.116. The fourth-order valence-electron chi connectivity index (χ4n) is 8.83. The van der Waals surface area contributed by atoms with E-state index in [2.05, 4.69) is 125 Å². The van der Waals surface area contributed by atoms with Crippen LogP contribution in [0.2, 0.25) is 0 Å². The number of hydrogen-bond donors (Lipinski definition) is 0. The first-order chi connectivity index (χ1) is 18.9. The molecule has 8 rings (SSSR count). The van der Waals surface area contributed by atoms with Crippen molar-refractivity contribution in [3.63, 3.8) is 0 Å². The van der Waals surface area contributed by atoms with E-state index >= 15 is 0 Å².